The van der Waals surface area contributed by atoms with E-state index in [0.29, 0.717) is 12.0 Å². The van der Waals surface area contributed by atoms with E-state index in [1.807, 2.05) is 11.6 Å². The molecule has 1 unspecified atom stereocenters. The van der Waals surface area contributed by atoms with Crippen molar-refractivity contribution in [1.29, 1.82) is 0 Å². The summed E-state index contributed by atoms with van der Waals surface area (Å²) in [5.41, 5.74) is 0. The molecule has 0 aliphatic heterocycles. The first-order valence-electron chi connectivity index (χ1n) is 4.47. The smallest absolute Gasteiger partial charge is 0.138 e. The Hall–Kier alpha value is -0.860. The summed E-state index contributed by atoms with van der Waals surface area (Å²) in [4.78, 5) is 4.10. The summed E-state index contributed by atoms with van der Waals surface area (Å²) in [7, 11) is 0. The van der Waals surface area contributed by atoms with Crippen LogP contribution in [-0.2, 0) is 0 Å². The van der Waals surface area contributed by atoms with Crippen LogP contribution in [0.2, 0.25) is 0 Å². The zero-order valence-corrected chi connectivity index (χ0v) is 8.28. The topological polar surface area (TPSA) is 30.7 Å². The standard InChI is InChI=1S/C9H17N3/c1-7(2)5-8(3)12-9(4)10-6-11-12/h6-8H,5H2,1-4H3. The second kappa shape index (κ2) is 3.70. The van der Waals surface area contributed by atoms with Gasteiger partial charge in [0.15, 0.2) is 0 Å². The van der Waals surface area contributed by atoms with E-state index < -0.39 is 0 Å². The van der Waals surface area contributed by atoms with Crippen LogP contribution in [0.5, 0.6) is 0 Å². The maximum Gasteiger partial charge on any atom is 0.138 e. The van der Waals surface area contributed by atoms with Crippen LogP contribution in [0.15, 0.2) is 6.33 Å². The van der Waals surface area contributed by atoms with E-state index in [1.165, 1.54) is 0 Å². The molecule has 1 rings (SSSR count). The molecular weight excluding hydrogens is 150 g/mol. The molecule has 12 heavy (non-hydrogen) atoms. The molecule has 0 aromatic carbocycles. The molecule has 0 N–H and O–H groups in total. The van der Waals surface area contributed by atoms with Crippen molar-refractivity contribution in [2.24, 2.45) is 5.92 Å². The number of hydrogen-bond acceptors (Lipinski definition) is 2. The number of rotatable bonds is 3. The summed E-state index contributed by atoms with van der Waals surface area (Å²) in [6.07, 6.45) is 2.77. The van der Waals surface area contributed by atoms with Gasteiger partial charge >= 0.3 is 0 Å². The maximum absolute atomic E-state index is 4.17. The van der Waals surface area contributed by atoms with Crippen molar-refractivity contribution in [3.8, 4) is 0 Å². The fraction of sp³-hybridized carbons (Fsp3) is 0.778. The van der Waals surface area contributed by atoms with Gasteiger partial charge in [0.2, 0.25) is 0 Å². The minimum Gasteiger partial charge on any atom is -0.248 e. The first kappa shape index (κ1) is 9.23. The van der Waals surface area contributed by atoms with Crippen LogP contribution in [0, 0.1) is 12.8 Å². The molecule has 0 bridgehead atoms. The number of aromatic nitrogens is 3. The van der Waals surface area contributed by atoms with E-state index in [0.717, 1.165) is 12.2 Å². The lowest BCUT2D eigenvalue weighted by Gasteiger charge is -2.14. The molecule has 0 saturated carbocycles. The summed E-state index contributed by atoms with van der Waals surface area (Å²) >= 11 is 0. The Kier molecular flexibility index (Phi) is 2.84. The van der Waals surface area contributed by atoms with E-state index in [1.54, 1.807) is 6.33 Å². The van der Waals surface area contributed by atoms with Crippen molar-refractivity contribution in [1.82, 2.24) is 14.8 Å². The Balaban J connectivity index is 2.65. The van der Waals surface area contributed by atoms with Crippen LogP contribution in [0.25, 0.3) is 0 Å². The van der Waals surface area contributed by atoms with Gasteiger partial charge < -0.3 is 0 Å². The highest BCUT2D eigenvalue weighted by molar-refractivity contribution is 4.81. The molecule has 1 aromatic rings. The van der Waals surface area contributed by atoms with Gasteiger partial charge in [0.25, 0.3) is 0 Å². The van der Waals surface area contributed by atoms with Crippen LogP contribution in [-0.4, -0.2) is 14.8 Å². The van der Waals surface area contributed by atoms with Crippen LogP contribution >= 0.6 is 0 Å². The fourth-order valence-electron chi connectivity index (χ4n) is 1.52. The Morgan fingerprint density at radius 1 is 1.42 bits per heavy atom. The van der Waals surface area contributed by atoms with Gasteiger partial charge in [0, 0.05) is 0 Å². The summed E-state index contributed by atoms with van der Waals surface area (Å²) in [5.74, 6) is 1.71. The Morgan fingerprint density at radius 2 is 2.08 bits per heavy atom. The normalized spacial score (nSPS) is 13.8. The minimum absolute atomic E-state index is 0.465. The largest absolute Gasteiger partial charge is 0.248 e. The maximum atomic E-state index is 4.17. The molecule has 0 spiro atoms. The molecule has 3 heteroatoms. The Labute approximate surface area is 73.8 Å². The lowest BCUT2D eigenvalue weighted by Crippen LogP contribution is -2.11. The SMILES string of the molecule is Cc1ncnn1C(C)CC(C)C. The molecular formula is C9H17N3. The number of nitrogens with zero attached hydrogens (tertiary/aromatic N) is 3. The summed E-state index contributed by atoms with van der Waals surface area (Å²) in [5, 5.41) is 4.17. The van der Waals surface area contributed by atoms with Crippen LogP contribution in [0.1, 0.15) is 39.1 Å². The van der Waals surface area contributed by atoms with E-state index in [4.69, 9.17) is 0 Å². The van der Waals surface area contributed by atoms with E-state index >= 15 is 0 Å². The second-order valence-corrected chi connectivity index (χ2v) is 3.73. The zero-order valence-electron chi connectivity index (χ0n) is 8.28. The zero-order chi connectivity index (χ0) is 9.14. The predicted molar refractivity (Wildman–Crippen MR) is 48.9 cm³/mol. The third-order valence-electron chi connectivity index (χ3n) is 1.98. The summed E-state index contributed by atoms with van der Waals surface area (Å²) < 4.78 is 1.99. The van der Waals surface area contributed by atoms with Gasteiger partial charge in [-0.3, -0.25) is 0 Å². The first-order valence-corrected chi connectivity index (χ1v) is 4.47. The monoisotopic (exact) mass is 167 g/mol. The van der Waals surface area contributed by atoms with Gasteiger partial charge in [0.05, 0.1) is 6.04 Å². The average Bonchev–Trinajstić information content (AvgIpc) is 2.33. The molecule has 1 atom stereocenters. The van der Waals surface area contributed by atoms with Crippen LogP contribution in [0.3, 0.4) is 0 Å². The highest BCUT2D eigenvalue weighted by Gasteiger charge is 2.09. The molecule has 1 heterocycles. The third-order valence-corrected chi connectivity index (χ3v) is 1.98. The van der Waals surface area contributed by atoms with Crippen molar-refractivity contribution >= 4 is 0 Å². The second-order valence-electron chi connectivity index (χ2n) is 3.73. The van der Waals surface area contributed by atoms with E-state index in [-0.39, 0.29) is 0 Å². The number of hydrogen-bond donors (Lipinski definition) is 0. The minimum atomic E-state index is 0.465. The van der Waals surface area contributed by atoms with Crippen molar-refractivity contribution < 1.29 is 0 Å². The molecule has 1 aromatic heterocycles. The van der Waals surface area contributed by atoms with Gasteiger partial charge in [-0.15, -0.1) is 0 Å². The van der Waals surface area contributed by atoms with Crippen molar-refractivity contribution in [3.05, 3.63) is 12.2 Å². The van der Waals surface area contributed by atoms with Gasteiger partial charge in [0.1, 0.15) is 12.2 Å². The van der Waals surface area contributed by atoms with Crippen molar-refractivity contribution in [2.75, 3.05) is 0 Å². The lowest BCUT2D eigenvalue weighted by atomic mass is 10.1. The molecule has 68 valence electrons. The highest BCUT2D eigenvalue weighted by atomic mass is 15.3. The molecule has 0 radical (unpaired) electrons. The summed E-state index contributed by atoms with van der Waals surface area (Å²) in [6, 6.07) is 0.465. The van der Waals surface area contributed by atoms with Crippen molar-refractivity contribution in [2.45, 2.75) is 40.2 Å². The third kappa shape index (κ3) is 2.06. The van der Waals surface area contributed by atoms with E-state index in [9.17, 15) is 0 Å². The fourth-order valence-corrected chi connectivity index (χ4v) is 1.52. The highest BCUT2D eigenvalue weighted by Crippen LogP contribution is 2.16. The number of aryl methyl sites for hydroxylation is 1. The van der Waals surface area contributed by atoms with Gasteiger partial charge in [-0.1, -0.05) is 13.8 Å². The van der Waals surface area contributed by atoms with Crippen LogP contribution < -0.4 is 0 Å². The first-order chi connectivity index (χ1) is 5.61. The molecule has 0 aliphatic rings. The predicted octanol–water partition coefficient (Wildman–Crippen LogP) is 2.19. The van der Waals surface area contributed by atoms with Crippen molar-refractivity contribution in [3.63, 3.8) is 0 Å². The molecule has 0 aliphatic carbocycles. The molecule has 0 amide bonds. The molecule has 3 nitrogen and oxygen atoms in total. The average molecular weight is 167 g/mol. The quantitative estimate of drug-likeness (QED) is 0.691. The van der Waals surface area contributed by atoms with E-state index in [2.05, 4.69) is 30.9 Å². The van der Waals surface area contributed by atoms with Gasteiger partial charge in [-0.05, 0) is 26.2 Å². The Morgan fingerprint density at radius 3 is 2.50 bits per heavy atom. The molecule has 0 saturated heterocycles. The van der Waals surface area contributed by atoms with Crippen LogP contribution in [0.4, 0.5) is 0 Å². The lowest BCUT2D eigenvalue weighted by molar-refractivity contribution is 0.390. The molecule has 0 fully saturated rings. The van der Waals surface area contributed by atoms with Gasteiger partial charge in [-0.2, -0.15) is 5.10 Å². The van der Waals surface area contributed by atoms with Gasteiger partial charge in [-0.25, -0.2) is 9.67 Å². The summed E-state index contributed by atoms with van der Waals surface area (Å²) in [6.45, 7) is 8.62. The Bertz CT molecular complexity index is 240.